The van der Waals surface area contributed by atoms with E-state index in [0.717, 1.165) is 5.56 Å². The minimum atomic E-state index is -0.420. The summed E-state index contributed by atoms with van der Waals surface area (Å²) in [6.07, 6.45) is 0. The lowest BCUT2D eigenvalue weighted by Gasteiger charge is -2.12. The van der Waals surface area contributed by atoms with E-state index in [0.29, 0.717) is 16.3 Å². The lowest BCUT2D eigenvalue weighted by molar-refractivity contribution is -0.115. The standard InChI is InChI=1S/C12H11ClN2O2/c1-7(8-5-3-4-6-9(8)13)10-11(16)14-12(17)15(10)2/h3-6H,1-2H3,(H,14,16,17)/b10-7-. The Morgan fingerprint density at radius 1 is 1.29 bits per heavy atom. The number of likely N-dealkylation sites (N-methyl/N-ethyl adjacent to an activating group) is 1. The minimum absolute atomic E-state index is 0.336. The molecule has 0 spiro atoms. The number of amides is 3. The monoisotopic (exact) mass is 250 g/mol. The zero-order valence-corrected chi connectivity index (χ0v) is 10.2. The number of carbonyl (C=O) groups excluding carboxylic acids is 2. The first-order valence-corrected chi connectivity index (χ1v) is 5.45. The van der Waals surface area contributed by atoms with Gasteiger partial charge in [-0.05, 0) is 24.1 Å². The van der Waals surface area contributed by atoms with Crippen LogP contribution in [0.3, 0.4) is 0 Å². The molecule has 2 rings (SSSR count). The highest BCUT2D eigenvalue weighted by atomic mass is 35.5. The van der Waals surface area contributed by atoms with Gasteiger partial charge in [0.25, 0.3) is 5.91 Å². The smallest absolute Gasteiger partial charge is 0.292 e. The maximum absolute atomic E-state index is 11.6. The van der Waals surface area contributed by atoms with Crippen LogP contribution in [0.15, 0.2) is 30.0 Å². The zero-order valence-electron chi connectivity index (χ0n) is 9.45. The van der Waals surface area contributed by atoms with Gasteiger partial charge in [-0.15, -0.1) is 0 Å². The van der Waals surface area contributed by atoms with Gasteiger partial charge >= 0.3 is 6.03 Å². The average Bonchev–Trinajstić information content (AvgIpc) is 2.53. The van der Waals surface area contributed by atoms with Gasteiger partial charge in [-0.25, -0.2) is 4.79 Å². The van der Waals surface area contributed by atoms with E-state index in [1.807, 2.05) is 18.2 Å². The molecule has 1 N–H and O–H groups in total. The number of halogens is 1. The molecule has 1 aromatic carbocycles. The van der Waals surface area contributed by atoms with Crippen LogP contribution < -0.4 is 5.32 Å². The van der Waals surface area contributed by atoms with Gasteiger partial charge in [-0.3, -0.25) is 15.0 Å². The van der Waals surface area contributed by atoms with Gasteiger partial charge < -0.3 is 0 Å². The fourth-order valence-corrected chi connectivity index (χ4v) is 2.09. The minimum Gasteiger partial charge on any atom is -0.292 e. The summed E-state index contributed by atoms with van der Waals surface area (Å²) in [5.41, 5.74) is 1.77. The molecule has 17 heavy (non-hydrogen) atoms. The number of nitrogens with zero attached hydrogens (tertiary/aromatic N) is 1. The number of allylic oxidation sites excluding steroid dienone is 1. The Balaban J connectivity index is 2.56. The van der Waals surface area contributed by atoms with Crippen LogP contribution in [0.2, 0.25) is 5.02 Å². The molecule has 1 fully saturated rings. The first kappa shape index (κ1) is 11.7. The number of benzene rings is 1. The summed E-state index contributed by atoms with van der Waals surface area (Å²) in [4.78, 5) is 24.3. The second-order valence-electron chi connectivity index (χ2n) is 3.77. The van der Waals surface area contributed by atoms with E-state index in [1.54, 1.807) is 20.0 Å². The Labute approximate surface area is 104 Å². The van der Waals surface area contributed by atoms with Crippen molar-refractivity contribution in [1.29, 1.82) is 0 Å². The van der Waals surface area contributed by atoms with Crippen molar-refractivity contribution in [3.05, 3.63) is 40.5 Å². The van der Waals surface area contributed by atoms with E-state index in [4.69, 9.17) is 11.6 Å². The summed E-state index contributed by atoms with van der Waals surface area (Å²) in [7, 11) is 1.55. The Morgan fingerprint density at radius 2 is 1.94 bits per heavy atom. The van der Waals surface area contributed by atoms with Crippen molar-refractivity contribution in [3.8, 4) is 0 Å². The molecule has 3 amide bonds. The van der Waals surface area contributed by atoms with Crippen LogP contribution in [0.5, 0.6) is 0 Å². The predicted molar refractivity (Wildman–Crippen MR) is 65.3 cm³/mol. The molecule has 0 aromatic heterocycles. The second-order valence-corrected chi connectivity index (χ2v) is 4.18. The van der Waals surface area contributed by atoms with Crippen LogP contribution in [0, 0.1) is 0 Å². The van der Waals surface area contributed by atoms with Gasteiger partial charge in [0.1, 0.15) is 5.70 Å². The zero-order chi connectivity index (χ0) is 12.6. The maximum atomic E-state index is 11.6. The van der Waals surface area contributed by atoms with Gasteiger partial charge in [0, 0.05) is 12.1 Å². The van der Waals surface area contributed by atoms with Gasteiger partial charge in [0.2, 0.25) is 0 Å². The maximum Gasteiger partial charge on any atom is 0.328 e. The quantitative estimate of drug-likeness (QED) is 0.614. The third-order valence-electron chi connectivity index (χ3n) is 2.71. The molecule has 0 atom stereocenters. The van der Waals surface area contributed by atoms with Gasteiger partial charge in [0.05, 0.1) is 0 Å². The number of urea groups is 1. The fraction of sp³-hybridized carbons (Fsp3) is 0.167. The molecule has 0 unspecified atom stereocenters. The van der Waals surface area contributed by atoms with E-state index in [2.05, 4.69) is 5.32 Å². The van der Waals surface area contributed by atoms with Crippen LogP contribution in [0.4, 0.5) is 4.79 Å². The highest BCUT2D eigenvalue weighted by molar-refractivity contribution is 6.32. The summed E-state index contributed by atoms with van der Waals surface area (Å²) in [6, 6.07) is 6.79. The van der Waals surface area contributed by atoms with Crippen LogP contribution in [-0.4, -0.2) is 23.9 Å². The van der Waals surface area contributed by atoms with Crippen LogP contribution in [0.1, 0.15) is 12.5 Å². The summed E-state index contributed by atoms with van der Waals surface area (Å²) in [5, 5.41) is 2.79. The number of carbonyl (C=O) groups is 2. The topological polar surface area (TPSA) is 49.4 Å². The number of imide groups is 1. The van der Waals surface area contributed by atoms with Crippen molar-refractivity contribution >= 4 is 29.1 Å². The summed E-state index contributed by atoms with van der Waals surface area (Å²) >= 11 is 6.06. The normalized spacial score (nSPS) is 18.4. The molecule has 1 saturated heterocycles. The summed E-state index contributed by atoms with van der Waals surface area (Å²) < 4.78 is 0. The third kappa shape index (κ3) is 1.91. The Bertz CT molecular complexity index is 537. The van der Waals surface area contributed by atoms with E-state index < -0.39 is 11.9 Å². The second kappa shape index (κ2) is 4.22. The van der Waals surface area contributed by atoms with Crippen molar-refractivity contribution < 1.29 is 9.59 Å². The van der Waals surface area contributed by atoms with E-state index in [-0.39, 0.29) is 0 Å². The van der Waals surface area contributed by atoms with E-state index in [9.17, 15) is 9.59 Å². The molecule has 0 bridgehead atoms. The molecule has 4 nitrogen and oxygen atoms in total. The van der Waals surface area contributed by atoms with Crippen molar-refractivity contribution in [1.82, 2.24) is 10.2 Å². The predicted octanol–water partition coefficient (Wildman–Crippen LogP) is 2.25. The molecule has 1 aliphatic rings. The first-order valence-electron chi connectivity index (χ1n) is 5.07. The molecule has 5 heteroatoms. The molecule has 1 aromatic rings. The van der Waals surface area contributed by atoms with Crippen LogP contribution in [0.25, 0.3) is 5.57 Å². The first-order chi connectivity index (χ1) is 8.02. The lowest BCUT2D eigenvalue weighted by Crippen LogP contribution is -2.24. The molecule has 1 heterocycles. The number of hydrogen-bond acceptors (Lipinski definition) is 2. The summed E-state index contributed by atoms with van der Waals surface area (Å²) in [6.45, 7) is 1.77. The molecule has 0 saturated carbocycles. The fourth-order valence-electron chi connectivity index (χ4n) is 1.81. The lowest BCUT2D eigenvalue weighted by atomic mass is 10.0. The van der Waals surface area contributed by atoms with Crippen LogP contribution >= 0.6 is 11.6 Å². The van der Waals surface area contributed by atoms with Crippen molar-refractivity contribution in [2.45, 2.75) is 6.92 Å². The third-order valence-corrected chi connectivity index (χ3v) is 3.04. The highest BCUT2D eigenvalue weighted by Gasteiger charge is 2.32. The Kier molecular flexibility index (Phi) is 2.90. The molecule has 1 aliphatic heterocycles. The average molecular weight is 251 g/mol. The summed E-state index contributed by atoms with van der Waals surface area (Å²) in [5.74, 6) is -0.394. The Morgan fingerprint density at radius 3 is 2.47 bits per heavy atom. The number of rotatable bonds is 1. The number of hydrogen-bond donors (Lipinski definition) is 1. The SMILES string of the molecule is C/C(=C1\C(=O)NC(=O)N1C)c1ccccc1Cl. The van der Waals surface area contributed by atoms with Crippen LogP contribution in [-0.2, 0) is 4.79 Å². The molecular weight excluding hydrogens is 240 g/mol. The number of nitrogens with one attached hydrogen (secondary N) is 1. The van der Waals surface area contributed by atoms with Gasteiger partial charge in [-0.1, -0.05) is 29.8 Å². The van der Waals surface area contributed by atoms with E-state index in [1.165, 1.54) is 4.90 Å². The highest BCUT2D eigenvalue weighted by Crippen LogP contribution is 2.28. The van der Waals surface area contributed by atoms with Crippen molar-refractivity contribution in [2.75, 3.05) is 7.05 Å². The van der Waals surface area contributed by atoms with Gasteiger partial charge in [0.15, 0.2) is 0 Å². The van der Waals surface area contributed by atoms with E-state index >= 15 is 0 Å². The molecule has 0 aliphatic carbocycles. The van der Waals surface area contributed by atoms with Crippen molar-refractivity contribution in [3.63, 3.8) is 0 Å². The molecular formula is C12H11ClN2O2. The largest absolute Gasteiger partial charge is 0.328 e. The molecule has 0 radical (unpaired) electrons. The Hall–Kier alpha value is -1.81. The van der Waals surface area contributed by atoms with Crippen molar-refractivity contribution in [2.24, 2.45) is 0 Å². The van der Waals surface area contributed by atoms with Gasteiger partial charge in [-0.2, -0.15) is 0 Å². The molecule has 88 valence electrons.